The van der Waals surface area contributed by atoms with E-state index in [9.17, 15) is 4.79 Å². The summed E-state index contributed by atoms with van der Waals surface area (Å²) in [4.78, 5) is 14.0. The Morgan fingerprint density at radius 1 is 1.35 bits per heavy atom. The van der Waals surface area contributed by atoms with Crippen LogP contribution in [0.1, 0.15) is 32.3 Å². The van der Waals surface area contributed by atoms with Crippen molar-refractivity contribution in [2.24, 2.45) is 5.92 Å². The first kappa shape index (κ1) is 17.5. The van der Waals surface area contributed by atoms with E-state index in [1.54, 1.807) is 6.08 Å². The van der Waals surface area contributed by atoms with E-state index >= 15 is 0 Å². The molecule has 0 unspecified atom stereocenters. The van der Waals surface area contributed by atoms with Gasteiger partial charge in [0.1, 0.15) is 5.75 Å². The lowest BCUT2D eigenvalue weighted by Crippen LogP contribution is -2.45. The number of rotatable bonds is 4. The van der Waals surface area contributed by atoms with E-state index in [0.29, 0.717) is 11.7 Å². The van der Waals surface area contributed by atoms with Gasteiger partial charge in [0.2, 0.25) is 5.91 Å². The molecule has 2 rings (SSSR count). The third-order valence-electron chi connectivity index (χ3n) is 3.92. The van der Waals surface area contributed by atoms with Crippen molar-refractivity contribution in [2.75, 3.05) is 19.7 Å². The molecular weight excluding hydrogens is 308 g/mol. The van der Waals surface area contributed by atoms with Crippen LogP contribution in [0.3, 0.4) is 0 Å². The standard InChI is InChI=1S/C18H24N2O2S/c1-3-22-16-7-4-15(5-8-16)6-9-17(21)19-18(23)20-12-10-14(2)11-13-20/h4-9,14H,3,10-13H2,1-2H3,(H,19,21,23)/b9-6+. The summed E-state index contributed by atoms with van der Waals surface area (Å²) in [5.74, 6) is 1.38. The van der Waals surface area contributed by atoms with Crippen molar-refractivity contribution in [1.82, 2.24) is 10.2 Å². The van der Waals surface area contributed by atoms with Crippen LogP contribution < -0.4 is 10.1 Å². The second-order valence-electron chi connectivity index (χ2n) is 5.80. The summed E-state index contributed by atoms with van der Waals surface area (Å²) >= 11 is 5.31. The van der Waals surface area contributed by atoms with Crippen LogP contribution in [0.4, 0.5) is 0 Å². The molecule has 1 aromatic carbocycles. The van der Waals surface area contributed by atoms with Gasteiger partial charge in [-0.2, -0.15) is 0 Å². The van der Waals surface area contributed by atoms with Crippen LogP contribution in [0.5, 0.6) is 5.75 Å². The number of ether oxygens (including phenoxy) is 1. The van der Waals surface area contributed by atoms with Crippen molar-refractivity contribution in [3.05, 3.63) is 35.9 Å². The predicted molar refractivity (Wildman–Crippen MR) is 97.4 cm³/mol. The highest BCUT2D eigenvalue weighted by Gasteiger charge is 2.18. The summed E-state index contributed by atoms with van der Waals surface area (Å²) in [6.07, 6.45) is 5.52. The first-order chi connectivity index (χ1) is 11.1. The molecule has 0 radical (unpaired) electrons. The largest absolute Gasteiger partial charge is 0.494 e. The van der Waals surface area contributed by atoms with E-state index in [4.69, 9.17) is 17.0 Å². The summed E-state index contributed by atoms with van der Waals surface area (Å²) in [7, 11) is 0. The zero-order valence-corrected chi connectivity index (χ0v) is 14.6. The van der Waals surface area contributed by atoms with Crippen LogP contribution in [0.15, 0.2) is 30.3 Å². The van der Waals surface area contributed by atoms with Gasteiger partial charge in [0.25, 0.3) is 0 Å². The van der Waals surface area contributed by atoms with Gasteiger partial charge < -0.3 is 9.64 Å². The van der Waals surface area contributed by atoms with Crippen molar-refractivity contribution >= 4 is 29.3 Å². The van der Waals surface area contributed by atoms with E-state index in [-0.39, 0.29) is 5.91 Å². The molecule has 0 bridgehead atoms. The molecular formula is C18H24N2O2S. The number of nitrogens with one attached hydrogen (secondary N) is 1. The minimum atomic E-state index is -0.192. The molecule has 0 saturated carbocycles. The number of carbonyl (C=O) groups excluding carboxylic acids is 1. The monoisotopic (exact) mass is 332 g/mol. The maximum atomic E-state index is 12.0. The van der Waals surface area contributed by atoms with Gasteiger partial charge in [-0.25, -0.2) is 0 Å². The molecule has 1 amide bonds. The summed E-state index contributed by atoms with van der Waals surface area (Å²) in [6, 6.07) is 7.61. The molecule has 1 aromatic rings. The molecule has 1 saturated heterocycles. The van der Waals surface area contributed by atoms with E-state index in [1.165, 1.54) is 6.08 Å². The molecule has 124 valence electrons. The minimum absolute atomic E-state index is 0.192. The van der Waals surface area contributed by atoms with E-state index in [1.807, 2.05) is 31.2 Å². The second-order valence-corrected chi connectivity index (χ2v) is 6.19. The molecule has 0 aliphatic carbocycles. The van der Waals surface area contributed by atoms with Gasteiger partial charge in [-0.1, -0.05) is 19.1 Å². The summed E-state index contributed by atoms with van der Waals surface area (Å²) in [5.41, 5.74) is 0.946. The van der Waals surface area contributed by atoms with Crippen molar-refractivity contribution in [3.63, 3.8) is 0 Å². The van der Waals surface area contributed by atoms with Gasteiger partial charge in [-0.05, 0) is 61.7 Å². The molecule has 1 heterocycles. The Balaban J connectivity index is 1.82. The van der Waals surface area contributed by atoms with Gasteiger partial charge in [-0.15, -0.1) is 0 Å². The number of amides is 1. The van der Waals surface area contributed by atoms with Crippen LogP contribution in [0.2, 0.25) is 0 Å². The van der Waals surface area contributed by atoms with Crippen LogP contribution in [0, 0.1) is 5.92 Å². The van der Waals surface area contributed by atoms with Crippen molar-refractivity contribution in [1.29, 1.82) is 0 Å². The average molecular weight is 332 g/mol. The number of benzene rings is 1. The first-order valence-electron chi connectivity index (χ1n) is 8.09. The zero-order chi connectivity index (χ0) is 16.7. The average Bonchev–Trinajstić information content (AvgIpc) is 2.55. The highest BCUT2D eigenvalue weighted by molar-refractivity contribution is 7.80. The van der Waals surface area contributed by atoms with Crippen molar-refractivity contribution in [3.8, 4) is 5.75 Å². The number of nitrogens with zero attached hydrogens (tertiary/aromatic N) is 1. The Hall–Kier alpha value is -1.88. The number of carbonyl (C=O) groups is 1. The molecule has 23 heavy (non-hydrogen) atoms. The fourth-order valence-electron chi connectivity index (χ4n) is 2.45. The highest BCUT2D eigenvalue weighted by atomic mass is 32.1. The van der Waals surface area contributed by atoms with E-state index < -0.39 is 0 Å². The number of likely N-dealkylation sites (tertiary alicyclic amines) is 1. The lowest BCUT2D eigenvalue weighted by atomic mass is 10.00. The van der Waals surface area contributed by atoms with E-state index in [2.05, 4.69) is 17.1 Å². The molecule has 5 heteroatoms. The second kappa shape index (κ2) is 8.67. The van der Waals surface area contributed by atoms with Crippen LogP contribution >= 0.6 is 12.2 Å². The van der Waals surface area contributed by atoms with E-state index in [0.717, 1.165) is 43.2 Å². The van der Waals surface area contributed by atoms with Crippen LogP contribution in [-0.4, -0.2) is 35.6 Å². The normalized spacial score (nSPS) is 15.7. The molecule has 1 aliphatic heterocycles. The maximum Gasteiger partial charge on any atom is 0.250 e. The Bertz CT molecular complexity index is 561. The number of piperidine rings is 1. The third-order valence-corrected chi connectivity index (χ3v) is 4.28. The summed E-state index contributed by atoms with van der Waals surface area (Å²) in [6.45, 7) is 6.68. The molecule has 4 nitrogen and oxygen atoms in total. The third kappa shape index (κ3) is 5.67. The number of hydrogen-bond acceptors (Lipinski definition) is 3. The summed E-state index contributed by atoms with van der Waals surface area (Å²) in [5, 5.41) is 3.30. The Labute approximate surface area is 143 Å². The van der Waals surface area contributed by atoms with Gasteiger partial charge in [0, 0.05) is 19.2 Å². The fourth-order valence-corrected chi connectivity index (χ4v) is 2.73. The minimum Gasteiger partial charge on any atom is -0.494 e. The quantitative estimate of drug-likeness (QED) is 0.679. The Kier molecular flexibility index (Phi) is 6.59. The molecule has 0 atom stereocenters. The number of hydrogen-bond donors (Lipinski definition) is 1. The molecule has 1 N–H and O–H groups in total. The topological polar surface area (TPSA) is 41.6 Å². The maximum absolute atomic E-state index is 12.0. The van der Waals surface area contributed by atoms with Crippen molar-refractivity contribution in [2.45, 2.75) is 26.7 Å². The van der Waals surface area contributed by atoms with Gasteiger partial charge in [0.15, 0.2) is 5.11 Å². The highest BCUT2D eigenvalue weighted by Crippen LogP contribution is 2.16. The van der Waals surface area contributed by atoms with Crippen LogP contribution in [0.25, 0.3) is 6.08 Å². The predicted octanol–water partition coefficient (Wildman–Crippen LogP) is 3.23. The molecule has 1 fully saturated rings. The van der Waals surface area contributed by atoms with Gasteiger partial charge in [-0.3, -0.25) is 10.1 Å². The fraction of sp³-hybridized carbons (Fsp3) is 0.444. The van der Waals surface area contributed by atoms with Crippen molar-refractivity contribution < 1.29 is 9.53 Å². The first-order valence-corrected chi connectivity index (χ1v) is 8.50. The lowest BCUT2D eigenvalue weighted by Gasteiger charge is -2.31. The molecule has 0 aromatic heterocycles. The zero-order valence-electron chi connectivity index (χ0n) is 13.7. The van der Waals surface area contributed by atoms with Gasteiger partial charge >= 0.3 is 0 Å². The molecule has 1 aliphatic rings. The Morgan fingerprint density at radius 3 is 2.61 bits per heavy atom. The lowest BCUT2D eigenvalue weighted by molar-refractivity contribution is -0.115. The number of thiocarbonyl (C=S) groups is 1. The summed E-state index contributed by atoms with van der Waals surface area (Å²) < 4.78 is 5.39. The molecule has 0 spiro atoms. The smallest absolute Gasteiger partial charge is 0.250 e. The van der Waals surface area contributed by atoms with Crippen LogP contribution in [-0.2, 0) is 4.79 Å². The SMILES string of the molecule is CCOc1ccc(/C=C/C(=O)NC(=S)N2CCC(C)CC2)cc1. The van der Waals surface area contributed by atoms with Gasteiger partial charge in [0.05, 0.1) is 6.61 Å². The Morgan fingerprint density at radius 2 is 2.00 bits per heavy atom.